The Bertz CT molecular complexity index is 296. The second kappa shape index (κ2) is 3.01. The van der Waals surface area contributed by atoms with Crippen molar-refractivity contribution in [2.24, 2.45) is 0 Å². The molecule has 11 heavy (non-hydrogen) atoms. The van der Waals surface area contributed by atoms with E-state index in [4.69, 9.17) is 5.26 Å². The van der Waals surface area contributed by atoms with Gasteiger partial charge in [0.1, 0.15) is 10.7 Å². The SMILES string of the molecule is CC(C)n1nnc(C#N)c1Br. The van der Waals surface area contributed by atoms with Crippen LogP contribution < -0.4 is 0 Å². The first-order valence-electron chi connectivity index (χ1n) is 3.17. The molecule has 58 valence electrons. The van der Waals surface area contributed by atoms with Crippen molar-refractivity contribution in [1.29, 1.82) is 5.26 Å². The number of nitriles is 1. The largest absolute Gasteiger partial charge is 0.234 e. The highest BCUT2D eigenvalue weighted by atomic mass is 79.9. The molecule has 0 radical (unpaired) electrons. The van der Waals surface area contributed by atoms with Gasteiger partial charge in [-0.25, -0.2) is 4.68 Å². The first-order chi connectivity index (χ1) is 5.16. The Balaban J connectivity index is 3.13. The molecule has 0 bridgehead atoms. The third-order valence-corrected chi connectivity index (χ3v) is 1.97. The van der Waals surface area contributed by atoms with Crippen LogP contribution in [0.15, 0.2) is 4.60 Å². The fourth-order valence-electron chi connectivity index (χ4n) is 0.680. The van der Waals surface area contributed by atoms with Crippen molar-refractivity contribution in [1.82, 2.24) is 15.0 Å². The summed E-state index contributed by atoms with van der Waals surface area (Å²) in [7, 11) is 0. The van der Waals surface area contributed by atoms with Crippen LogP contribution in [-0.2, 0) is 0 Å². The Labute approximate surface area is 72.9 Å². The summed E-state index contributed by atoms with van der Waals surface area (Å²) in [6.45, 7) is 3.95. The van der Waals surface area contributed by atoms with Crippen LogP contribution in [0.1, 0.15) is 25.6 Å². The van der Waals surface area contributed by atoms with Crippen LogP contribution in [0.25, 0.3) is 0 Å². The number of halogens is 1. The molecule has 0 saturated heterocycles. The van der Waals surface area contributed by atoms with Gasteiger partial charge in [0, 0.05) is 6.04 Å². The van der Waals surface area contributed by atoms with E-state index in [0.29, 0.717) is 10.3 Å². The lowest BCUT2D eigenvalue weighted by Crippen LogP contribution is -2.02. The van der Waals surface area contributed by atoms with E-state index < -0.39 is 0 Å². The quantitative estimate of drug-likeness (QED) is 0.713. The van der Waals surface area contributed by atoms with Crippen molar-refractivity contribution in [2.75, 3.05) is 0 Å². The minimum absolute atomic E-state index is 0.221. The van der Waals surface area contributed by atoms with Crippen LogP contribution >= 0.6 is 15.9 Å². The zero-order valence-electron chi connectivity index (χ0n) is 6.24. The van der Waals surface area contributed by atoms with Crippen LogP contribution in [0.5, 0.6) is 0 Å². The van der Waals surface area contributed by atoms with Crippen LogP contribution in [0, 0.1) is 11.3 Å². The molecular formula is C6H7BrN4. The number of hydrogen-bond donors (Lipinski definition) is 0. The first-order valence-corrected chi connectivity index (χ1v) is 3.97. The van der Waals surface area contributed by atoms with Gasteiger partial charge in [0.25, 0.3) is 0 Å². The summed E-state index contributed by atoms with van der Waals surface area (Å²) in [5, 5.41) is 16.0. The van der Waals surface area contributed by atoms with Gasteiger partial charge in [0.05, 0.1) is 0 Å². The van der Waals surface area contributed by atoms with E-state index in [0.717, 1.165) is 0 Å². The van der Waals surface area contributed by atoms with Gasteiger partial charge in [-0.2, -0.15) is 5.26 Å². The van der Waals surface area contributed by atoms with Gasteiger partial charge in [0.15, 0.2) is 5.69 Å². The summed E-state index contributed by atoms with van der Waals surface area (Å²) in [6.07, 6.45) is 0. The fourth-order valence-corrected chi connectivity index (χ4v) is 1.33. The van der Waals surface area contributed by atoms with Crippen molar-refractivity contribution in [2.45, 2.75) is 19.9 Å². The Morgan fingerprint density at radius 1 is 1.64 bits per heavy atom. The van der Waals surface area contributed by atoms with Crippen molar-refractivity contribution in [3.63, 3.8) is 0 Å². The molecule has 0 atom stereocenters. The number of aromatic nitrogens is 3. The van der Waals surface area contributed by atoms with Gasteiger partial charge >= 0.3 is 0 Å². The number of nitrogens with zero attached hydrogens (tertiary/aromatic N) is 4. The molecular weight excluding hydrogens is 208 g/mol. The molecule has 1 heterocycles. The van der Waals surface area contributed by atoms with Crippen LogP contribution in [0.4, 0.5) is 0 Å². The van der Waals surface area contributed by atoms with Gasteiger partial charge in [-0.15, -0.1) is 5.10 Å². The topological polar surface area (TPSA) is 54.5 Å². The molecule has 0 amide bonds. The molecule has 4 nitrogen and oxygen atoms in total. The number of rotatable bonds is 1. The molecule has 0 spiro atoms. The van der Waals surface area contributed by atoms with Gasteiger partial charge in [-0.05, 0) is 29.8 Å². The maximum atomic E-state index is 8.52. The Morgan fingerprint density at radius 2 is 2.27 bits per heavy atom. The second-order valence-corrected chi connectivity index (χ2v) is 3.13. The summed E-state index contributed by atoms with van der Waals surface area (Å²) in [5.41, 5.74) is 0.332. The van der Waals surface area contributed by atoms with Gasteiger partial charge in [0.2, 0.25) is 0 Å². The third kappa shape index (κ3) is 1.40. The minimum Gasteiger partial charge on any atom is -0.234 e. The highest BCUT2D eigenvalue weighted by molar-refractivity contribution is 9.10. The molecule has 0 aliphatic heterocycles. The second-order valence-electron chi connectivity index (χ2n) is 2.38. The van der Waals surface area contributed by atoms with E-state index >= 15 is 0 Å². The third-order valence-electron chi connectivity index (χ3n) is 1.23. The van der Waals surface area contributed by atoms with E-state index in [1.807, 2.05) is 19.9 Å². The summed E-state index contributed by atoms with van der Waals surface area (Å²) in [4.78, 5) is 0. The average molecular weight is 215 g/mol. The van der Waals surface area contributed by atoms with E-state index in [1.54, 1.807) is 4.68 Å². The lowest BCUT2D eigenvalue weighted by atomic mass is 10.4. The molecule has 0 aliphatic carbocycles. The Kier molecular flexibility index (Phi) is 2.25. The highest BCUT2D eigenvalue weighted by Gasteiger charge is 2.10. The maximum absolute atomic E-state index is 8.52. The van der Waals surface area contributed by atoms with Gasteiger partial charge in [-0.3, -0.25) is 0 Å². The molecule has 1 aromatic heterocycles. The smallest absolute Gasteiger partial charge is 0.197 e. The van der Waals surface area contributed by atoms with Gasteiger partial charge < -0.3 is 0 Å². The zero-order valence-corrected chi connectivity index (χ0v) is 7.83. The molecule has 1 aromatic rings. The van der Waals surface area contributed by atoms with Crippen LogP contribution in [0.2, 0.25) is 0 Å². The summed E-state index contributed by atoms with van der Waals surface area (Å²) in [5.74, 6) is 0. The average Bonchev–Trinajstić information content (AvgIpc) is 2.30. The van der Waals surface area contributed by atoms with E-state index in [-0.39, 0.29) is 6.04 Å². The van der Waals surface area contributed by atoms with Crippen LogP contribution in [-0.4, -0.2) is 15.0 Å². The van der Waals surface area contributed by atoms with Crippen molar-refractivity contribution in [3.8, 4) is 6.07 Å². The van der Waals surface area contributed by atoms with E-state index in [9.17, 15) is 0 Å². The minimum atomic E-state index is 0.221. The Hall–Kier alpha value is -0.890. The number of hydrogen-bond acceptors (Lipinski definition) is 3. The molecule has 0 saturated carbocycles. The fraction of sp³-hybridized carbons (Fsp3) is 0.500. The molecule has 0 aromatic carbocycles. The lowest BCUT2D eigenvalue weighted by molar-refractivity contribution is 0.505. The first kappa shape index (κ1) is 8.21. The standard InChI is InChI=1S/C6H7BrN4/c1-4(2)11-6(7)5(3-8)9-10-11/h4H,1-2H3. The Morgan fingerprint density at radius 3 is 2.55 bits per heavy atom. The van der Waals surface area contributed by atoms with Crippen molar-refractivity contribution >= 4 is 15.9 Å². The van der Waals surface area contributed by atoms with Crippen LogP contribution in [0.3, 0.4) is 0 Å². The monoisotopic (exact) mass is 214 g/mol. The highest BCUT2D eigenvalue weighted by Crippen LogP contribution is 2.16. The lowest BCUT2D eigenvalue weighted by Gasteiger charge is -2.03. The molecule has 0 aliphatic rings. The summed E-state index contributed by atoms with van der Waals surface area (Å²) in [6, 6.07) is 2.15. The van der Waals surface area contributed by atoms with Crippen molar-refractivity contribution < 1.29 is 0 Å². The summed E-state index contributed by atoms with van der Waals surface area (Å²) >= 11 is 3.23. The van der Waals surface area contributed by atoms with E-state index in [2.05, 4.69) is 26.2 Å². The molecule has 0 N–H and O–H groups in total. The molecule has 1 rings (SSSR count). The predicted molar refractivity (Wildman–Crippen MR) is 42.8 cm³/mol. The predicted octanol–water partition coefficient (Wildman–Crippen LogP) is 1.49. The summed E-state index contributed by atoms with van der Waals surface area (Å²) < 4.78 is 2.30. The maximum Gasteiger partial charge on any atom is 0.197 e. The molecule has 5 heteroatoms. The zero-order chi connectivity index (χ0) is 8.43. The van der Waals surface area contributed by atoms with Crippen molar-refractivity contribution in [3.05, 3.63) is 10.3 Å². The molecule has 0 fully saturated rings. The normalized spacial score (nSPS) is 10.1. The van der Waals surface area contributed by atoms with Gasteiger partial charge in [-0.1, -0.05) is 5.21 Å². The van der Waals surface area contributed by atoms with E-state index in [1.165, 1.54) is 0 Å². The molecule has 0 unspecified atom stereocenters.